The van der Waals surface area contributed by atoms with Crippen LogP contribution in [-0.4, -0.2) is 24.3 Å². The summed E-state index contributed by atoms with van der Waals surface area (Å²) in [4.78, 5) is 13.2. The Morgan fingerprint density at radius 2 is 1.58 bits per heavy atom. The molecule has 38 heavy (non-hydrogen) atoms. The van der Waals surface area contributed by atoms with Gasteiger partial charge in [-0.3, -0.25) is 4.79 Å². The molecule has 1 fully saturated rings. The minimum absolute atomic E-state index is 0.148. The van der Waals surface area contributed by atoms with Crippen LogP contribution >= 0.6 is 0 Å². The second-order valence-corrected chi connectivity index (χ2v) is 12.8. The van der Waals surface area contributed by atoms with Crippen LogP contribution in [0, 0.1) is 6.92 Å². The molecule has 5 rings (SSSR count). The molecule has 0 saturated carbocycles. The highest BCUT2D eigenvalue weighted by molar-refractivity contribution is 5.91. The molecule has 5 nitrogen and oxygen atoms in total. The number of rotatable bonds is 5. The van der Waals surface area contributed by atoms with Crippen LogP contribution in [0.15, 0.2) is 59.0 Å². The molecule has 5 heteroatoms. The standard InChI is InChI=1S/C33H41NO4/c1-21-17-25-26(32(4,5)16-15-31(25,2)3)19-23(21)18-24-13-14-28(37-24)30(35)34-27-20-36-33(6,7)38-29(27)22-11-9-8-10-12-22/h8-14,17,19,27,29H,15-16,18,20H2,1-7H3,(H,34,35). The van der Waals surface area contributed by atoms with Crippen LogP contribution in [0.2, 0.25) is 0 Å². The van der Waals surface area contributed by atoms with Crippen molar-refractivity contribution < 1.29 is 18.7 Å². The van der Waals surface area contributed by atoms with Crippen LogP contribution in [0.4, 0.5) is 0 Å². The summed E-state index contributed by atoms with van der Waals surface area (Å²) in [6.07, 6.45) is 2.71. The van der Waals surface area contributed by atoms with E-state index in [2.05, 4.69) is 52.1 Å². The number of fused-ring (bicyclic) bond motifs is 1. The number of amides is 1. The third-order valence-corrected chi connectivity index (χ3v) is 8.39. The molecule has 1 saturated heterocycles. The van der Waals surface area contributed by atoms with Gasteiger partial charge in [-0.2, -0.15) is 0 Å². The van der Waals surface area contributed by atoms with Gasteiger partial charge in [0.25, 0.3) is 5.91 Å². The molecule has 2 heterocycles. The molecule has 2 unspecified atom stereocenters. The fourth-order valence-electron chi connectivity index (χ4n) is 5.84. The van der Waals surface area contributed by atoms with Crippen molar-refractivity contribution in [2.45, 2.75) is 96.5 Å². The smallest absolute Gasteiger partial charge is 0.287 e. The van der Waals surface area contributed by atoms with Gasteiger partial charge in [0.15, 0.2) is 11.5 Å². The van der Waals surface area contributed by atoms with Crippen LogP contribution in [-0.2, 0) is 26.7 Å². The molecule has 1 aromatic heterocycles. The summed E-state index contributed by atoms with van der Waals surface area (Å²) < 4.78 is 18.2. The van der Waals surface area contributed by atoms with Crippen molar-refractivity contribution >= 4 is 5.91 Å². The summed E-state index contributed by atoms with van der Waals surface area (Å²) in [5, 5.41) is 3.09. The molecule has 0 radical (unpaired) electrons. The van der Waals surface area contributed by atoms with Crippen molar-refractivity contribution in [3.8, 4) is 0 Å². The van der Waals surface area contributed by atoms with E-state index in [0.29, 0.717) is 18.8 Å². The third-order valence-electron chi connectivity index (χ3n) is 8.39. The van der Waals surface area contributed by atoms with Gasteiger partial charge in [0.1, 0.15) is 11.9 Å². The highest BCUT2D eigenvalue weighted by atomic mass is 16.7. The van der Waals surface area contributed by atoms with E-state index in [-0.39, 0.29) is 28.9 Å². The molecule has 2 atom stereocenters. The van der Waals surface area contributed by atoms with Gasteiger partial charge in [-0.25, -0.2) is 0 Å². The summed E-state index contributed by atoms with van der Waals surface area (Å²) in [6, 6.07) is 18.0. The van der Waals surface area contributed by atoms with E-state index in [0.717, 1.165) is 11.3 Å². The Morgan fingerprint density at radius 1 is 0.921 bits per heavy atom. The van der Waals surface area contributed by atoms with E-state index in [4.69, 9.17) is 13.9 Å². The first-order valence-electron chi connectivity index (χ1n) is 13.8. The SMILES string of the molecule is Cc1cc2c(cc1Cc1ccc(C(=O)NC3COC(C)(C)OC3c3ccccc3)o1)C(C)(C)CCC2(C)C. The topological polar surface area (TPSA) is 60.7 Å². The number of hydrogen-bond donors (Lipinski definition) is 1. The number of ether oxygens (including phenoxy) is 2. The Balaban J connectivity index is 1.33. The molecular weight excluding hydrogens is 474 g/mol. The zero-order valence-corrected chi connectivity index (χ0v) is 23.8. The third kappa shape index (κ3) is 5.32. The predicted octanol–water partition coefficient (Wildman–Crippen LogP) is 7.15. The number of nitrogens with one attached hydrogen (secondary N) is 1. The monoisotopic (exact) mass is 515 g/mol. The lowest BCUT2D eigenvalue weighted by Gasteiger charge is -2.42. The van der Waals surface area contributed by atoms with E-state index in [9.17, 15) is 4.79 Å². The maximum Gasteiger partial charge on any atom is 0.287 e. The van der Waals surface area contributed by atoms with Crippen molar-refractivity contribution in [2.75, 3.05) is 6.61 Å². The Kier molecular flexibility index (Phi) is 6.81. The van der Waals surface area contributed by atoms with Crippen molar-refractivity contribution in [2.24, 2.45) is 0 Å². The van der Waals surface area contributed by atoms with Crippen LogP contribution in [0.3, 0.4) is 0 Å². The summed E-state index contributed by atoms with van der Waals surface area (Å²) >= 11 is 0. The van der Waals surface area contributed by atoms with E-state index < -0.39 is 5.79 Å². The number of carbonyl (C=O) groups is 1. The summed E-state index contributed by atoms with van der Waals surface area (Å²) in [5.74, 6) is 0.0895. The second kappa shape index (κ2) is 9.69. The van der Waals surface area contributed by atoms with E-state index in [1.54, 1.807) is 6.07 Å². The van der Waals surface area contributed by atoms with Gasteiger partial charge in [-0.05, 0) is 84.4 Å². The highest BCUT2D eigenvalue weighted by Crippen LogP contribution is 2.46. The lowest BCUT2D eigenvalue weighted by atomic mass is 9.62. The second-order valence-electron chi connectivity index (χ2n) is 12.8. The maximum absolute atomic E-state index is 13.2. The van der Waals surface area contributed by atoms with Crippen LogP contribution in [0.5, 0.6) is 0 Å². The van der Waals surface area contributed by atoms with Crippen LogP contribution < -0.4 is 5.32 Å². The zero-order valence-electron chi connectivity index (χ0n) is 23.8. The fourth-order valence-corrected chi connectivity index (χ4v) is 5.84. The summed E-state index contributed by atoms with van der Waals surface area (Å²) in [7, 11) is 0. The maximum atomic E-state index is 13.2. The lowest BCUT2D eigenvalue weighted by molar-refractivity contribution is -0.284. The zero-order chi connectivity index (χ0) is 27.3. The van der Waals surface area contributed by atoms with Crippen molar-refractivity contribution in [1.82, 2.24) is 5.32 Å². The van der Waals surface area contributed by atoms with Crippen molar-refractivity contribution in [3.63, 3.8) is 0 Å². The van der Waals surface area contributed by atoms with Crippen LogP contribution in [0.1, 0.15) is 105 Å². The molecule has 202 valence electrons. The normalized spacial score (nSPS) is 23.4. The molecule has 2 aromatic carbocycles. The fraction of sp³-hybridized carbons (Fsp3) is 0.485. The Bertz CT molecular complexity index is 1320. The van der Waals surface area contributed by atoms with E-state index >= 15 is 0 Å². The van der Waals surface area contributed by atoms with Gasteiger partial charge in [0.05, 0.1) is 12.6 Å². The summed E-state index contributed by atoms with van der Waals surface area (Å²) in [6.45, 7) is 15.7. The first-order valence-corrected chi connectivity index (χ1v) is 13.8. The van der Waals surface area contributed by atoms with Gasteiger partial charge in [0.2, 0.25) is 0 Å². The molecule has 3 aromatic rings. The van der Waals surface area contributed by atoms with Gasteiger partial charge < -0.3 is 19.2 Å². The highest BCUT2D eigenvalue weighted by Gasteiger charge is 2.39. The average Bonchev–Trinajstić information content (AvgIpc) is 3.33. The number of furan rings is 1. The van der Waals surface area contributed by atoms with Gasteiger partial charge >= 0.3 is 0 Å². The number of aryl methyl sites for hydroxylation is 1. The Morgan fingerprint density at radius 3 is 2.26 bits per heavy atom. The number of benzene rings is 2. The van der Waals surface area contributed by atoms with Gasteiger partial charge in [-0.15, -0.1) is 0 Å². The molecule has 0 spiro atoms. The molecule has 1 amide bonds. The van der Waals surface area contributed by atoms with Crippen molar-refractivity contribution in [1.29, 1.82) is 0 Å². The largest absolute Gasteiger partial charge is 0.456 e. The summed E-state index contributed by atoms with van der Waals surface area (Å²) in [5.41, 5.74) is 6.74. The lowest BCUT2D eigenvalue weighted by Crippen LogP contribution is -2.51. The Hall–Kier alpha value is -2.89. The molecular formula is C33H41NO4. The van der Waals surface area contributed by atoms with Crippen molar-refractivity contribution in [3.05, 3.63) is 93.9 Å². The molecule has 1 aliphatic heterocycles. The van der Waals surface area contributed by atoms with Crippen LogP contribution in [0.25, 0.3) is 0 Å². The van der Waals surface area contributed by atoms with Gasteiger partial charge in [-0.1, -0.05) is 70.2 Å². The van der Waals surface area contributed by atoms with E-state index in [1.807, 2.05) is 50.2 Å². The molecule has 1 aliphatic carbocycles. The van der Waals surface area contributed by atoms with E-state index in [1.165, 1.54) is 35.1 Å². The quantitative estimate of drug-likeness (QED) is 0.392. The minimum Gasteiger partial charge on any atom is -0.456 e. The predicted molar refractivity (Wildman–Crippen MR) is 150 cm³/mol. The number of hydrogen-bond acceptors (Lipinski definition) is 4. The number of carbonyl (C=O) groups excluding carboxylic acids is 1. The molecule has 2 aliphatic rings. The first kappa shape index (κ1) is 26.7. The Labute approximate surface area is 226 Å². The molecule has 0 bridgehead atoms. The first-order chi connectivity index (χ1) is 17.8. The van der Waals surface area contributed by atoms with Gasteiger partial charge in [0, 0.05) is 6.42 Å². The average molecular weight is 516 g/mol. The minimum atomic E-state index is -0.726. The molecule has 1 N–H and O–H groups in total.